The van der Waals surface area contributed by atoms with E-state index in [9.17, 15) is 4.79 Å². The summed E-state index contributed by atoms with van der Waals surface area (Å²) in [6.45, 7) is 3.85. The van der Waals surface area contributed by atoms with Crippen LogP contribution in [0.15, 0.2) is 18.2 Å². The van der Waals surface area contributed by atoms with Crippen LogP contribution in [-0.2, 0) is 17.4 Å². The van der Waals surface area contributed by atoms with Crippen LogP contribution in [0, 0.1) is 0 Å². The van der Waals surface area contributed by atoms with Crippen LogP contribution in [0.25, 0.3) is 11.0 Å². The van der Waals surface area contributed by atoms with Gasteiger partial charge in [0.2, 0.25) is 0 Å². The van der Waals surface area contributed by atoms with Gasteiger partial charge in [0.05, 0.1) is 16.6 Å². The van der Waals surface area contributed by atoms with Gasteiger partial charge in [-0.05, 0) is 32.0 Å². The van der Waals surface area contributed by atoms with Crippen molar-refractivity contribution in [2.75, 3.05) is 7.11 Å². The van der Waals surface area contributed by atoms with E-state index in [4.69, 9.17) is 9.84 Å². The molecule has 2 rings (SSSR count). The van der Waals surface area contributed by atoms with Crippen molar-refractivity contribution in [1.29, 1.82) is 0 Å². The largest absolute Gasteiger partial charge is 0.478 e. The van der Waals surface area contributed by atoms with Gasteiger partial charge in [-0.3, -0.25) is 0 Å². The Morgan fingerprint density at radius 1 is 1.44 bits per heavy atom. The maximum absolute atomic E-state index is 10.9. The zero-order valence-corrected chi connectivity index (χ0v) is 10.9. The monoisotopic (exact) mass is 248 g/mol. The van der Waals surface area contributed by atoms with Crippen LogP contribution in [0.3, 0.4) is 0 Å². The van der Waals surface area contributed by atoms with Crippen LogP contribution >= 0.6 is 0 Å². The third-order valence-corrected chi connectivity index (χ3v) is 3.18. The zero-order valence-electron chi connectivity index (χ0n) is 10.9. The highest BCUT2D eigenvalue weighted by Crippen LogP contribution is 2.26. The molecule has 18 heavy (non-hydrogen) atoms. The number of aromatic carboxylic acids is 1. The standard InChI is InChI=1S/C13H16N2O3/c1-13(2,18-4)12-14-9-7-8(11(16)17)5-6-10(9)15(12)3/h5-7H,1-4H3,(H,16,17). The average molecular weight is 248 g/mol. The molecule has 5 nitrogen and oxygen atoms in total. The van der Waals surface area contributed by atoms with Crippen molar-refractivity contribution >= 4 is 17.0 Å². The fourth-order valence-corrected chi connectivity index (χ4v) is 1.96. The molecule has 1 N–H and O–H groups in total. The van der Waals surface area contributed by atoms with E-state index in [1.54, 1.807) is 25.3 Å². The Labute approximate surface area is 105 Å². The van der Waals surface area contributed by atoms with Crippen LogP contribution in [0.2, 0.25) is 0 Å². The molecule has 0 radical (unpaired) electrons. The molecule has 0 fully saturated rings. The lowest BCUT2D eigenvalue weighted by molar-refractivity contribution is 0.00967. The summed E-state index contributed by atoms with van der Waals surface area (Å²) in [5, 5.41) is 8.97. The Morgan fingerprint density at radius 3 is 2.67 bits per heavy atom. The smallest absolute Gasteiger partial charge is 0.335 e. The number of imidazole rings is 1. The lowest BCUT2D eigenvalue weighted by Crippen LogP contribution is -2.23. The average Bonchev–Trinajstić information content (AvgIpc) is 2.67. The number of fused-ring (bicyclic) bond motifs is 1. The lowest BCUT2D eigenvalue weighted by atomic mass is 10.1. The molecule has 0 atom stereocenters. The van der Waals surface area contributed by atoms with E-state index >= 15 is 0 Å². The number of hydrogen-bond acceptors (Lipinski definition) is 3. The van der Waals surface area contributed by atoms with Gasteiger partial charge in [0.15, 0.2) is 0 Å². The first-order valence-electron chi connectivity index (χ1n) is 5.62. The van der Waals surface area contributed by atoms with Gasteiger partial charge in [0, 0.05) is 14.2 Å². The van der Waals surface area contributed by atoms with E-state index in [-0.39, 0.29) is 5.56 Å². The minimum absolute atomic E-state index is 0.238. The van der Waals surface area contributed by atoms with Crippen molar-refractivity contribution in [1.82, 2.24) is 9.55 Å². The van der Waals surface area contributed by atoms with Crippen LogP contribution in [0.5, 0.6) is 0 Å². The van der Waals surface area contributed by atoms with Crippen molar-refractivity contribution < 1.29 is 14.6 Å². The molecule has 0 aliphatic heterocycles. The first-order chi connectivity index (χ1) is 8.36. The van der Waals surface area contributed by atoms with Gasteiger partial charge >= 0.3 is 5.97 Å². The molecular formula is C13H16N2O3. The summed E-state index contributed by atoms with van der Waals surface area (Å²) in [5.41, 5.74) is 1.27. The van der Waals surface area contributed by atoms with Gasteiger partial charge in [-0.2, -0.15) is 0 Å². The number of hydrogen-bond donors (Lipinski definition) is 1. The number of aromatic nitrogens is 2. The second kappa shape index (κ2) is 4.10. The Morgan fingerprint density at radius 2 is 2.11 bits per heavy atom. The molecule has 96 valence electrons. The summed E-state index contributed by atoms with van der Waals surface area (Å²) in [6, 6.07) is 4.92. The Bertz CT molecular complexity index is 614. The fourth-order valence-electron chi connectivity index (χ4n) is 1.96. The van der Waals surface area contributed by atoms with E-state index in [0.29, 0.717) is 5.52 Å². The van der Waals surface area contributed by atoms with Crippen LogP contribution in [0.1, 0.15) is 30.0 Å². The van der Waals surface area contributed by atoms with Crippen molar-refractivity contribution in [3.8, 4) is 0 Å². The highest BCUT2D eigenvalue weighted by Gasteiger charge is 2.26. The molecular weight excluding hydrogens is 232 g/mol. The highest BCUT2D eigenvalue weighted by molar-refractivity contribution is 5.92. The van der Waals surface area contributed by atoms with Crippen LogP contribution in [-0.4, -0.2) is 27.7 Å². The summed E-state index contributed by atoms with van der Waals surface area (Å²) in [6.07, 6.45) is 0. The van der Waals surface area contributed by atoms with Gasteiger partial charge in [-0.1, -0.05) is 0 Å². The molecule has 2 aromatic rings. The molecule has 0 spiro atoms. The molecule has 1 aromatic carbocycles. The van der Waals surface area contributed by atoms with Crippen molar-refractivity contribution in [2.24, 2.45) is 7.05 Å². The molecule has 5 heteroatoms. The fraction of sp³-hybridized carbons (Fsp3) is 0.385. The van der Waals surface area contributed by atoms with Gasteiger partial charge < -0.3 is 14.4 Å². The zero-order chi connectivity index (χ0) is 13.5. The maximum atomic E-state index is 10.9. The Kier molecular flexibility index (Phi) is 2.86. The summed E-state index contributed by atoms with van der Waals surface area (Å²) >= 11 is 0. The van der Waals surface area contributed by atoms with Crippen molar-refractivity contribution in [3.63, 3.8) is 0 Å². The first kappa shape index (κ1) is 12.6. The quantitative estimate of drug-likeness (QED) is 0.904. The third kappa shape index (κ3) is 1.86. The highest BCUT2D eigenvalue weighted by atomic mass is 16.5. The van der Waals surface area contributed by atoms with Crippen LogP contribution in [0.4, 0.5) is 0 Å². The predicted octanol–water partition coefficient (Wildman–Crippen LogP) is 2.15. The molecule has 0 bridgehead atoms. The first-order valence-corrected chi connectivity index (χ1v) is 5.62. The summed E-state index contributed by atoms with van der Waals surface area (Å²) in [7, 11) is 3.52. The van der Waals surface area contributed by atoms with E-state index in [1.165, 1.54) is 0 Å². The summed E-state index contributed by atoms with van der Waals surface area (Å²) in [5.74, 6) is -0.183. The van der Waals surface area contributed by atoms with E-state index < -0.39 is 11.6 Å². The molecule has 0 aliphatic carbocycles. The number of carbonyl (C=O) groups is 1. The molecule has 0 aliphatic rings. The van der Waals surface area contributed by atoms with Crippen molar-refractivity contribution in [2.45, 2.75) is 19.4 Å². The minimum Gasteiger partial charge on any atom is -0.478 e. The third-order valence-electron chi connectivity index (χ3n) is 3.18. The molecule has 0 saturated carbocycles. The lowest BCUT2D eigenvalue weighted by Gasteiger charge is -2.22. The summed E-state index contributed by atoms with van der Waals surface area (Å²) in [4.78, 5) is 15.4. The topological polar surface area (TPSA) is 64.3 Å². The van der Waals surface area contributed by atoms with Gasteiger partial charge in [0.25, 0.3) is 0 Å². The Balaban J connectivity index is 2.66. The minimum atomic E-state index is -0.949. The summed E-state index contributed by atoms with van der Waals surface area (Å²) < 4.78 is 7.33. The normalized spacial score (nSPS) is 12.0. The number of carboxylic acids is 1. The van der Waals surface area contributed by atoms with E-state index in [0.717, 1.165) is 11.3 Å². The predicted molar refractivity (Wildman–Crippen MR) is 67.7 cm³/mol. The van der Waals surface area contributed by atoms with Crippen LogP contribution < -0.4 is 0 Å². The maximum Gasteiger partial charge on any atom is 0.335 e. The number of rotatable bonds is 3. The van der Waals surface area contributed by atoms with Crippen molar-refractivity contribution in [3.05, 3.63) is 29.6 Å². The molecule has 0 unspecified atom stereocenters. The van der Waals surface area contributed by atoms with Gasteiger partial charge in [-0.15, -0.1) is 0 Å². The van der Waals surface area contributed by atoms with E-state index in [2.05, 4.69) is 4.98 Å². The molecule has 0 amide bonds. The second-order valence-electron chi connectivity index (χ2n) is 4.72. The van der Waals surface area contributed by atoms with Gasteiger partial charge in [0.1, 0.15) is 11.4 Å². The molecule has 0 saturated heterocycles. The number of aryl methyl sites for hydroxylation is 1. The number of benzene rings is 1. The van der Waals surface area contributed by atoms with E-state index in [1.807, 2.05) is 25.5 Å². The number of methoxy groups -OCH3 is 1. The molecule has 1 aromatic heterocycles. The Hall–Kier alpha value is -1.88. The second-order valence-corrected chi connectivity index (χ2v) is 4.72. The van der Waals surface area contributed by atoms with Gasteiger partial charge in [-0.25, -0.2) is 9.78 Å². The SMILES string of the molecule is COC(C)(C)c1nc2cc(C(=O)O)ccc2n1C. The molecule has 1 heterocycles. The number of carboxylic acid groups (broad SMARTS) is 1. The number of ether oxygens (including phenoxy) is 1. The number of nitrogens with zero attached hydrogens (tertiary/aromatic N) is 2.